The van der Waals surface area contributed by atoms with Gasteiger partial charge in [0.15, 0.2) is 10.1 Å². The normalized spacial score (nSPS) is 12.2. The minimum atomic E-state index is -6.53. The van der Waals surface area contributed by atoms with E-state index >= 15 is 0 Å². The van der Waals surface area contributed by atoms with Crippen LogP contribution in [0, 0.1) is 0 Å². The molecule has 162 valence electrons. The number of amides is 1. The summed E-state index contributed by atoms with van der Waals surface area (Å²) in [5, 5.41) is -3.48. The first-order valence-corrected chi connectivity index (χ1v) is 9.30. The van der Waals surface area contributed by atoms with E-state index in [1.54, 1.807) is 0 Å². The molecular formula is C16H16F4NO7S-. The molecule has 1 aromatic rings. The highest BCUT2D eigenvalue weighted by Gasteiger charge is 2.60. The Labute approximate surface area is 163 Å². The lowest BCUT2D eigenvalue weighted by molar-refractivity contribution is -0.165. The van der Waals surface area contributed by atoms with Crippen molar-refractivity contribution in [3.8, 4) is 5.75 Å². The summed E-state index contributed by atoms with van der Waals surface area (Å²) in [6.45, 7) is 2.78. The largest absolute Gasteiger partial charge is 0.743 e. The van der Waals surface area contributed by atoms with Crippen LogP contribution in [-0.2, 0) is 19.6 Å². The molecule has 0 aromatic heterocycles. The second-order valence-electron chi connectivity index (χ2n) is 5.55. The Kier molecular flexibility index (Phi) is 8.15. The predicted octanol–water partition coefficient (Wildman–Crippen LogP) is 3.27. The van der Waals surface area contributed by atoms with Crippen LogP contribution in [0.5, 0.6) is 5.75 Å². The molecule has 0 aliphatic heterocycles. The van der Waals surface area contributed by atoms with E-state index < -0.39 is 52.8 Å². The third kappa shape index (κ3) is 7.02. The first-order chi connectivity index (χ1) is 13.3. The summed E-state index contributed by atoms with van der Waals surface area (Å²) in [5.41, 5.74) is 0.177. The fourth-order valence-electron chi connectivity index (χ4n) is 1.89. The number of hydrogen-bond acceptors (Lipinski definition) is 7. The van der Waals surface area contributed by atoms with Crippen molar-refractivity contribution in [1.29, 1.82) is 0 Å². The molecule has 1 amide bonds. The number of hydrogen-bond donors (Lipinski definition) is 1. The van der Waals surface area contributed by atoms with Gasteiger partial charge in [-0.2, -0.15) is 17.6 Å². The highest BCUT2D eigenvalue weighted by molar-refractivity contribution is 7.86. The fourth-order valence-corrected chi connectivity index (χ4v) is 2.36. The van der Waals surface area contributed by atoms with Crippen LogP contribution >= 0.6 is 0 Å². The highest BCUT2D eigenvalue weighted by atomic mass is 32.2. The van der Waals surface area contributed by atoms with Gasteiger partial charge in [0.05, 0.1) is 6.61 Å². The summed E-state index contributed by atoms with van der Waals surface area (Å²) in [5.74, 6) is -5.68. The van der Waals surface area contributed by atoms with Crippen LogP contribution < -0.4 is 10.1 Å². The van der Waals surface area contributed by atoms with Crippen LogP contribution in [0.1, 0.15) is 19.3 Å². The van der Waals surface area contributed by atoms with E-state index in [0.29, 0.717) is 0 Å². The molecule has 0 atom stereocenters. The number of ether oxygens (including phenoxy) is 2. The molecule has 13 heteroatoms. The summed E-state index contributed by atoms with van der Waals surface area (Å²) in [6, 6.07) is 5.59. The van der Waals surface area contributed by atoms with Gasteiger partial charge in [-0.25, -0.2) is 18.0 Å². The number of carbonyl (C=O) groups excluding carboxylic acids is 2. The van der Waals surface area contributed by atoms with Crippen molar-refractivity contribution in [2.75, 3.05) is 11.9 Å². The molecule has 1 N–H and O–H groups in total. The van der Waals surface area contributed by atoms with Gasteiger partial charge in [0.1, 0.15) is 5.75 Å². The summed E-state index contributed by atoms with van der Waals surface area (Å²) < 4.78 is 92.6. The maximum Gasteiger partial charge on any atom is 0.411 e. The summed E-state index contributed by atoms with van der Waals surface area (Å²) in [4.78, 5) is 22.7. The Morgan fingerprint density at radius 1 is 1.21 bits per heavy atom. The van der Waals surface area contributed by atoms with E-state index in [0.717, 1.165) is 6.08 Å². The minimum Gasteiger partial charge on any atom is -0.743 e. The van der Waals surface area contributed by atoms with Gasteiger partial charge in [-0.1, -0.05) is 12.6 Å². The molecule has 0 radical (unpaired) electrons. The van der Waals surface area contributed by atoms with E-state index in [-0.39, 0.29) is 17.9 Å². The highest BCUT2D eigenvalue weighted by Crippen LogP contribution is 2.41. The molecule has 0 saturated heterocycles. The smallest absolute Gasteiger partial charge is 0.411 e. The maximum atomic E-state index is 13.2. The molecule has 29 heavy (non-hydrogen) atoms. The summed E-state index contributed by atoms with van der Waals surface area (Å²) in [7, 11) is -6.53. The van der Waals surface area contributed by atoms with Crippen molar-refractivity contribution in [3.63, 3.8) is 0 Å². The van der Waals surface area contributed by atoms with Gasteiger partial charge in [-0.05, 0) is 25.0 Å². The first kappa shape index (κ1) is 24.4. The van der Waals surface area contributed by atoms with E-state index in [1.807, 2.05) is 0 Å². The van der Waals surface area contributed by atoms with Crippen LogP contribution in [-0.4, -0.2) is 42.8 Å². The number of alkyl halides is 4. The van der Waals surface area contributed by atoms with E-state index in [2.05, 4.69) is 16.6 Å². The molecule has 0 fully saturated rings. The number of benzene rings is 1. The molecule has 0 spiro atoms. The van der Waals surface area contributed by atoms with Gasteiger partial charge in [-0.3, -0.25) is 5.32 Å². The molecule has 0 saturated carbocycles. The van der Waals surface area contributed by atoms with Crippen LogP contribution in [0.25, 0.3) is 0 Å². The van der Waals surface area contributed by atoms with Crippen molar-refractivity contribution in [3.05, 3.63) is 36.9 Å². The summed E-state index contributed by atoms with van der Waals surface area (Å²) >= 11 is 0. The van der Waals surface area contributed by atoms with Crippen LogP contribution in [0.4, 0.5) is 28.0 Å². The quantitative estimate of drug-likeness (QED) is 0.147. The Bertz CT molecular complexity index is 859. The fraction of sp³-hybridized carbons (Fsp3) is 0.375. The van der Waals surface area contributed by atoms with E-state index in [1.165, 1.54) is 24.3 Å². The maximum absolute atomic E-state index is 13.2. The number of nitrogens with one attached hydrogen (secondary N) is 1. The summed E-state index contributed by atoms with van der Waals surface area (Å²) in [6.07, 6.45) is -2.60. The first-order valence-electron chi connectivity index (χ1n) is 7.89. The Balaban J connectivity index is 2.44. The molecular weight excluding hydrogens is 426 g/mol. The predicted molar refractivity (Wildman–Crippen MR) is 90.7 cm³/mol. The zero-order valence-electron chi connectivity index (χ0n) is 14.7. The zero-order valence-corrected chi connectivity index (χ0v) is 15.5. The average molecular weight is 442 g/mol. The second kappa shape index (κ2) is 9.69. The number of halogens is 4. The molecule has 0 heterocycles. The minimum absolute atomic E-state index is 0.101. The van der Waals surface area contributed by atoms with Crippen molar-refractivity contribution in [2.24, 2.45) is 0 Å². The van der Waals surface area contributed by atoms with Crippen molar-refractivity contribution in [1.82, 2.24) is 0 Å². The van der Waals surface area contributed by atoms with Gasteiger partial charge >= 0.3 is 23.2 Å². The second-order valence-corrected chi connectivity index (χ2v) is 6.97. The van der Waals surface area contributed by atoms with Crippen molar-refractivity contribution < 1.29 is 49.6 Å². The molecule has 0 aliphatic rings. The number of rotatable bonds is 10. The number of carbonyl (C=O) groups is 2. The van der Waals surface area contributed by atoms with Crippen LogP contribution in [0.15, 0.2) is 36.9 Å². The molecule has 0 bridgehead atoms. The SMILES string of the molecule is C=CC(=O)Oc1cccc(NC(=O)OCCCCC(F)(F)C(F)(F)S(=O)(=O)[O-])c1. The molecule has 0 unspecified atom stereocenters. The molecule has 1 aromatic carbocycles. The number of anilines is 1. The Morgan fingerprint density at radius 3 is 2.45 bits per heavy atom. The lowest BCUT2D eigenvalue weighted by atomic mass is 10.1. The van der Waals surface area contributed by atoms with Crippen LogP contribution in [0.2, 0.25) is 0 Å². The third-order valence-electron chi connectivity index (χ3n) is 3.32. The lowest BCUT2D eigenvalue weighted by Crippen LogP contribution is -2.46. The van der Waals surface area contributed by atoms with Gasteiger partial charge in [0, 0.05) is 24.3 Å². The molecule has 0 aliphatic carbocycles. The van der Waals surface area contributed by atoms with Crippen LogP contribution in [0.3, 0.4) is 0 Å². The van der Waals surface area contributed by atoms with E-state index in [9.17, 15) is 40.1 Å². The third-order valence-corrected chi connectivity index (χ3v) is 4.25. The zero-order chi connectivity index (χ0) is 22.3. The number of esters is 1. The molecule has 8 nitrogen and oxygen atoms in total. The monoisotopic (exact) mass is 442 g/mol. The Hall–Kier alpha value is -2.67. The van der Waals surface area contributed by atoms with Gasteiger partial charge < -0.3 is 14.0 Å². The average Bonchev–Trinajstić information content (AvgIpc) is 2.60. The van der Waals surface area contributed by atoms with Crippen molar-refractivity contribution in [2.45, 2.75) is 30.4 Å². The van der Waals surface area contributed by atoms with Gasteiger partial charge in [0.2, 0.25) is 0 Å². The number of unbranched alkanes of at least 4 members (excludes halogenated alkanes) is 1. The molecule has 1 rings (SSSR count). The standard InChI is InChI=1S/C16H17F4NO7S/c1-2-13(22)28-12-7-5-6-11(10-12)21-14(23)27-9-4-3-8-15(17,18)16(19,20)29(24,25)26/h2,5-7,10H,1,3-4,8-9H2,(H,21,23)(H,24,25,26)/p-1. The lowest BCUT2D eigenvalue weighted by Gasteiger charge is -2.28. The van der Waals surface area contributed by atoms with Gasteiger partial charge in [0.25, 0.3) is 0 Å². The Morgan fingerprint density at radius 2 is 1.86 bits per heavy atom. The van der Waals surface area contributed by atoms with E-state index in [4.69, 9.17) is 4.74 Å². The van der Waals surface area contributed by atoms with Gasteiger partial charge in [-0.15, -0.1) is 0 Å². The topological polar surface area (TPSA) is 122 Å². The van der Waals surface area contributed by atoms with Crippen molar-refractivity contribution >= 4 is 27.9 Å².